The van der Waals surface area contributed by atoms with Gasteiger partial charge < -0.3 is 10.6 Å². The van der Waals surface area contributed by atoms with Crippen molar-refractivity contribution >= 4 is 46.7 Å². The Kier molecular flexibility index (Phi) is 6.29. The van der Waals surface area contributed by atoms with Gasteiger partial charge in [-0.05, 0) is 6.07 Å². The smallest absolute Gasteiger partial charge is 0.299 e. The third kappa shape index (κ3) is 3.94. The molecule has 0 saturated carbocycles. The molecule has 0 heterocycles. The molecule has 0 aliphatic heterocycles. The van der Waals surface area contributed by atoms with E-state index in [2.05, 4.69) is 15.9 Å². The number of nitrogens with zero attached hydrogens (tertiary/aromatic N) is 3. The van der Waals surface area contributed by atoms with E-state index in [1.165, 1.54) is 0 Å². The number of alkyl halides is 1. The number of hydrogen-bond acceptors (Lipinski definition) is 6. The van der Waals surface area contributed by atoms with Crippen molar-refractivity contribution in [3.63, 3.8) is 0 Å². The lowest BCUT2D eigenvalue weighted by molar-refractivity contribution is -0.393. The van der Waals surface area contributed by atoms with Gasteiger partial charge in [0.25, 0.3) is 17.3 Å². The van der Waals surface area contributed by atoms with E-state index in [4.69, 9.17) is 5.73 Å². The minimum atomic E-state index is -1.00. The van der Waals surface area contributed by atoms with E-state index < -0.39 is 27.1 Å². The zero-order valence-corrected chi connectivity index (χ0v) is 13.4. The third-order valence-corrected chi connectivity index (χ3v) is 3.30. The molecule has 2 N–H and O–H groups in total. The highest BCUT2D eigenvalue weighted by Crippen LogP contribution is 2.35. The molecule has 9 nitrogen and oxygen atoms in total. The molecular formula is C11H14BBrN4O5. The van der Waals surface area contributed by atoms with Crippen LogP contribution in [0.3, 0.4) is 0 Å². The second kappa shape index (κ2) is 7.73. The minimum Gasteiger partial charge on any atom is -0.366 e. The molecule has 0 aromatic heterocycles. The number of benzene rings is 1. The largest absolute Gasteiger partial charge is 0.366 e. The van der Waals surface area contributed by atoms with Crippen molar-refractivity contribution in [3.8, 4) is 0 Å². The van der Waals surface area contributed by atoms with Crippen molar-refractivity contribution in [3.05, 3.63) is 37.9 Å². The van der Waals surface area contributed by atoms with Crippen LogP contribution in [-0.4, -0.2) is 42.0 Å². The number of carbonyl (C=O) groups excluding carboxylic acids is 1. The summed E-state index contributed by atoms with van der Waals surface area (Å²) in [6.07, 6.45) is 0.715. The van der Waals surface area contributed by atoms with Crippen molar-refractivity contribution < 1.29 is 14.6 Å². The Morgan fingerprint density at radius 3 is 2.23 bits per heavy atom. The van der Waals surface area contributed by atoms with E-state index in [9.17, 15) is 25.0 Å². The Bertz CT molecular complexity index is 606. The lowest BCUT2D eigenvalue weighted by Gasteiger charge is -2.23. The van der Waals surface area contributed by atoms with E-state index in [1.54, 1.807) is 4.90 Å². The van der Waals surface area contributed by atoms with Crippen molar-refractivity contribution in [1.29, 1.82) is 0 Å². The van der Waals surface area contributed by atoms with Gasteiger partial charge in [-0.2, -0.15) is 0 Å². The monoisotopic (exact) mass is 372 g/mol. The molecule has 1 aromatic rings. The van der Waals surface area contributed by atoms with Gasteiger partial charge in [-0.3, -0.25) is 25.0 Å². The number of hydrogen-bond donors (Lipinski definition) is 1. The van der Waals surface area contributed by atoms with Crippen molar-refractivity contribution in [2.45, 2.75) is 6.32 Å². The first-order chi connectivity index (χ1) is 10.3. The van der Waals surface area contributed by atoms with Crippen molar-refractivity contribution in [2.24, 2.45) is 5.73 Å². The Balaban J connectivity index is 3.59. The predicted molar refractivity (Wildman–Crippen MR) is 87.6 cm³/mol. The summed E-state index contributed by atoms with van der Waals surface area (Å²) >= 11 is 3.25. The second-order valence-electron chi connectivity index (χ2n) is 4.41. The maximum atomic E-state index is 11.4. The number of carbonyl (C=O) groups is 1. The summed E-state index contributed by atoms with van der Waals surface area (Å²) < 4.78 is 0. The van der Waals surface area contributed by atoms with Gasteiger partial charge in [-0.25, -0.2) is 0 Å². The van der Waals surface area contributed by atoms with E-state index >= 15 is 0 Å². The molecule has 0 unspecified atom stereocenters. The van der Waals surface area contributed by atoms with Gasteiger partial charge in [0.15, 0.2) is 0 Å². The SMILES string of the molecule is BCCN(CCBr)c1cc(C(N)=O)c([N+](=O)[O-])cc1[N+](=O)[O-]. The number of anilines is 1. The molecule has 0 aliphatic carbocycles. The molecule has 0 fully saturated rings. The number of rotatable bonds is 8. The van der Waals surface area contributed by atoms with Crippen LogP contribution < -0.4 is 10.6 Å². The maximum Gasteiger partial charge on any atom is 0.299 e. The van der Waals surface area contributed by atoms with Crippen LogP contribution in [0.5, 0.6) is 0 Å². The Labute approximate surface area is 135 Å². The molecule has 0 aliphatic rings. The van der Waals surface area contributed by atoms with E-state index in [0.29, 0.717) is 24.7 Å². The van der Waals surface area contributed by atoms with E-state index in [1.807, 2.05) is 7.85 Å². The Morgan fingerprint density at radius 1 is 1.23 bits per heavy atom. The van der Waals surface area contributed by atoms with E-state index in [-0.39, 0.29) is 11.3 Å². The first-order valence-electron chi connectivity index (χ1n) is 6.41. The van der Waals surface area contributed by atoms with Crippen molar-refractivity contribution in [2.75, 3.05) is 23.3 Å². The molecular weight excluding hydrogens is 359 g/mol. The highest BCUT2D eigenvalue weighted by Gasteiger charge is 2.29. The summed E-state index contributed by atoms with van der Waals surface area (Å²) in [5.74, 6) is -1.00. The van der Waals surface area contributed by atoms with Crippen LogP contribution in [0.15, 0.2) is 12.1 Å². The van der Waals surface area contributed by atoms with Crippen LogP contribution in [0.25, 0.3) is 0 Å². The lowest BCUT2D eigenvalue weighted by Crippen LogP contribution is -2.28. The van der Waals surface area contributed by atoms with Crippen LogP contribution in [-0.2, 0) is 0 Å². The van der Waals surface area contributed by atoms with Gasteiger partial charge in [0.1, 0.15) is 19.1 Å². The van der Waals surface area contributed by atoms with Gasteiger partial charge >= 0.3 is 0 Å². The molecule has 11 heteroatoms. The van der Waals surface area contributed by atoms with Crippen LogP contribution in [0.4, 0.5) is 17.1 Å². The summed E-state index contributed by atoms with van der Waals surface area (Å²) in [5.41, 5.74) is 3.86. The first-order valence-corrected chi connectivity index (χ1v) is 7.53. The molecule has 1 rings (SSSR count). The number of nitrogens with two attached hydrogens (primary N) is 1. The van der Waals surface area contributed by atoms with Crippen LogP contribution in [0.2, 0.25) is 6.32 Å². The molecule has 118 valence electrons. The number of halogens is 1. The average molecular weight is 373 g/mol. The highest BCUT2D eigenvalue weighted by molar-refractivity contribution is 9.09. The topological polar surface area (TPSA) is 133 Å². The van der Waals surface area contributed by atoms with Gasteiger partial charge in [0, 0.05) is 18.4 Å². The Morgan fingerprint density at radius 2 is 1.82 bits per heavy atom. The average Bonchev–Trinajstić information content (AvgIpc) is 2.45. The summed E-state index contributed by atoms with van der Waals surface area (Å²) in [6.45, 7) is 0.952. The number of amides is 1. The molecule has 0 atom stereocenters. The van der Waals surface area contributed by atoms with Crippen LogP contribution in [0.1, 0.15) is 10.4 Å². The summed E-state index contributed by atoms with van der Waals surface area (Å²) in [7, 11) is 1.90. The van der Waals surface area contributed by atoms with Crippen LogP contribution in [0, 0.1) is 20.2 Å². The fraction of sp³-hybridized carbons (Fsp3) is 0.364. The normalized spacial score (nSPS) is 10.2. The fourth-order valence-corrected chi connectivity index (χ4v) is 2.47. The molecule has 1 aromatic carbocycles. The third-order valence-electron chi connectivity index (χ3n) is 2.94. The summed E-state index contributed by atoms with van der Waals surface area (Å²) in [5, 5.41) is 22.8. The van der Waals surface area contributed by atoms with Crippen LogP contribution >= 0.6 is 15.9 Å². The standard InChI is InChI=1S/C11H14BBrN4O5/c12-1-3-15(4-2-13)9-5-7(11(14)18)8(16(19)20)6-10(9)17(21)22/h5-6H,1-4,12H2,(H2,14,18). The summed E-state index contributed by atoms with van der Waals surface area (Å²) in [4.78, 5) is 33.7. The first kappa shape index (κ1) is 17.9. The zero-order valence-electron chi connectivity index (χ0n) is 11.8. The minimum absolute atomic E-state index is 0.144. The maximum absolute atomic E-state index is 11.4. The van der Waals surface area contributed by atoms with Crippen molar-refractivity contribution in [1.82, 2.24) is 0 Å². The van der Waals surface area contributed by atoms with Gasteiger partial charge in [0.05, 0.1) is 15.9 Å². The molecule has 22 heavy (non-hydrogen) atoms. The number of primary amides is 1. The highest BCUT2D eigenvalue weighted by atomic mass is 79.9. The van der Waals surface area contributed by atoms with Gasteiger partial charge in [-0.15, -0.1) is 0 Å². The number of nitro groups is 2. The molecule has 0 spiro atoms. The second-order valence-corrected chi connectivity index (χ2v) is 5.21. The molecule has 0 saturated heterocycles. The van der Waals surface area contributed by atoms with Gasteiger partial charge in [-0.1, -0.05) is 22.3 Å². The predicted octanol–water partition coefficient (Wildman–Crippen LogP) is 0.855. The Hall–Kier alpha value is -2.17. The lowest BCUT2D eigenvalue weighted by atomic mass is 10.0. The number of nitro benzene ring substituents is 2. The molecule has 0 bridgehead atoms. The van der Waals surface area contributed by atoms with E-state index in [0.717, 1.165) is 12.1 Å². The molecule has 1 amide bonds. The quantitative estimate of drug-likeness (QED) is 0.311. The zero-order chi connectivity index (χ0) is 16.9. The fourth-order valence-electron chi connectivity index (χ4n) is 2.04. The molecule has 0 radical (unpaired) electrons. The summed E-state index contributed by atoms with van der Waals surface area (Å²) in [6, 6.07) is 1.91. The van der Waals surface area contributed by atoms with Gasteiger partial charge in [0.2, 0.25) is 0 Å².